The first-order chi connectivity index (χ1) is 13.5. The molecule has 0 aliphatic carbocycles. The van der Waals surface area contributed by atoms with Gasteiger partial charge in [0.2, 0.25) is 5.91 Å². The maximum Gasteiger partial charge on any atom is 0.355 e. The fourth-order valence-electron chi connectivity index (χ4n) is 3.45. The molecule has 0 spiro atoms. The molecule has 1 saturated heterocycles. The number of para-hydroxylation sites is 2. The summed E-state index contributed by atoms with van der Waals surface area (Å²) in [4.78, 5) is 39.9. The lowest BCUT2D eigenvalue weighted by atomic mass is 9.98. The van der Waals surface area contributed by atoms with E-state index in [4.69, 9.17) is 16.3 Å². The summed E-state index contributed by atoms with van der Waals surface area (Å²) in [7, 11) is 0. The minimum atomic E-state index is -1.05. The van der Waals surface area contributed by atoms with Gasteiger partial charge >= 0.3 is 5.97 Å². The zero-order valence-corrected chi connectivity index (χ0v) is 15.7. The standard InChI is InChI=1S/C20H16ClN3O4/c1-2-28-20(27)16-15-17(24(22-16)12-8-4-3-5-9-12)19(26)23(18(15)25)14-11-7-6-10-13(14)21/h3-11,15,17H,2H2,1H3/t15-,17+/m1/s1. The summed E-state index contributed by atoms with van der Waals surface area (Å²) in [6, 6.07) is 14.5. The number of carbonyl (C=O) groups is 3. The first-order valence-corrected chi connectivity index (χ1v) is 9.14. The Morgan fingerprint density at radius 1 is 1.07 bits per heavy atom. The van der Waals surface area contributed by atoms with Crippen molar-refractivity contribution in [2.75, 3.05) is 16.5 Å². The minimum Gasteiger partial charge on any atom is -0.461 e. The molecule has 8 heteroatoms. The molecular weight excluding hydrogens is 382 g/mol. The number of halogens is 1. The normalized spacial score (nSPS) is 21.0. The lowest BCUT2D eigenvalue weighted by Gasteiger charge is -2.22. The number of esters is 1. The molecule has 1 fully saturated rings. The Balaban J connectivity index is 1.81. The van der Waals surface area contributed by atoms with Crippen LogP contribution in [0.1, 0.15) is 6.92 Å². The first-order valence-electron chi connectivity index (χ1n) is 8.76. The van der Waals surface area contributed by atoms with E-state index in [1.165, 1.54) is 5.01 Å². The Bertz CT molecular complexity index is 992. The number of anilines is 2. The lowest BCUT2D eigenvalue weighted by molar-refractivity contribution is -0.136. The maximum atomic E-state index is 13.2. The van der Waals surface area contributed by atoms with E-state index in [1.807, 2.05) is 6.07 Å². The molecule has 2 atom stereocenters. The van der Waals surface area contributed by atoms with Crippen LogP contribution in [0.2, 0.25) is 5.02 Å². The van der Waals surface area contributed by atoms with Gasteiger partial charge in [0.25, 0.3) is 5.91 Å². The topological polar surface area (TPSA) is 79.3 Å². The molecule has 0 bridgehead atoms. The monoisotopic (exact) mass is 397 g/mol. The van der Waals surface area contributed by atoms with Crippen molar-refractivity contribution in [3.05, 3.63) is 59.6 Å². The van der Waals surface area contributed by atoms with Gasteiger partial charge in [-0.25, -0.2) is 9.69 Å². The molecule has 2 aromatic rings. The van der Waals surface area contributed by atoms with Gasteiger partial charge < -0.3 is 4.74 Å². The number of benzene rings is 2. The van der Waals surface area contributed by atoms with Gasteiger partial charge in [0.05, 0.1) is 23.0 Å². The van der Waals surface area contributed by atoms with Crippen molar-refractivity contribution in [2.24, 2.45) is 11.0 Å². The summed E-state index contributed by atoms with van der Waals surface area (Å²) in [5, 5.41) is 5.97. The molecule has 2 amide bonds. The molecule has 7 nitrogen and oxygen atoms in total. The largest absolute Gasteiger partial charge is 0.461 e. The third kappa shape index (κ3) is 2.75. The van der Waals surface area contributed by atoms with E-state index in [9.17, 15) is 14.4 Å². The molecule has 4 rings (SSSR count). The van der Waals surface area contributed by atoms with Gasteiger partial charge in [-0.05, 0) is 31.2 Å². The number of amides is 2. The fourth-order valence-corrected chi connectivity index (χ4v) is 3.67. The third-order valence-electron chi connectivity index (χ3n) is 4.65. The number of fused-ring (bicyclic) bond motifs is 1. The minimum absolute atomic E-state index is 0.0800. The molecule has 2 aliphatic rings. The van der Waals surface area contributed by atoms with Crippen LogP contribution in [0.5, 0.6) is 0 Å². The fraction of sp³-hybridized carbons (Fsp3) is 0.200. The van der Waals surface area contributed by atoms with E-state index in [1.54, 1.807) is 55.5 Å². The summed E-state index contributed by atoms with van der Waals surface area (Å²) >= 11 is 6.21. The van der Waals surface area contributed by atoms with Crippen LogP contribution in [0.15, 0.2) is 59.7 Å². The van der Waals surface area contributed by atoms with Crippen molar-refractivity contribution < 1.29 is 19.1 Å². The highest BCUT2D eigenvalue weighted by Crippen LogP contribution is 2.39. The second-order valence-corrected chi connectivity index (χ2v) is 6.68. The number of ether oxygens (including phenoxy) is 1. The Kier molecular flexibility index (Phi) is 4.60. The molecule has 0 N–H and O–H groups in total. The number of nitrogens with zero attached hydrogens (tertiary/aromatic N) is 3. The zero-order chi connectivity index (χ0) is 19.8. The summed E-state index contributed by atoms with van der Waals surface area (Å²) < 4.78 is 5.06. The molecular formula is C20H16ClN3O4. The highest BCUT2D eigenvalue weighted by atomic mass is 35.5. The molecule has 2 aliphatic heterocycles. The molecule has 0 saturated carbocycles. The van der Waals surface area contributed by atoms with Crippen LogP contribution >= 0.6 is 11.6 Å². The Morgan fingerprint density at radius 2 is 1.75 bits per heavy atom. The lowest BCUT2D eigenvalue weighted by Crippen LogP contribution is -2.39. The highest BCUT2D eigenvalue weighted by molar-refractivity contribution is 6.48. The summed E-state index contributed by atoms with van der Waals surface area (Å²) in [5.74, 6) is -2.80. The van der Waals surface area contributed by atoms with Gasteiger partial charge in [-0.3, -0.25) is 14.6 Å². The van der Waals surface area contributed by atoms with Crippen molar-refractivity contribution in [2.45, 2.75) is 13.0 Å². The third-order valence-corrected chi connectivity index (χ3v) is 4.97. The molecule has 28 heavy (non-hydrogen) atoms. The highest BCUT2D eigenvalue weighted by Gasteiger charge is 2.59. The SMILES string of the molecule is CCOC(=O)C1=NN(c2ccccc2)[C@@H]2C(=O)N(c3ccccc3Cl)C(=O)[C@H]12. The quantitative estimate of drug-likeness (QED) is 0.585. The molecule has 0 radical (unpaired) electrons. The predicted octanol–water partition coefficient (Wildman–Crippen LogP) is 2.64. The number of imide groups is 1. The van der Waals surface area contributed by atoms with Gasteiger partial charge in [-0.1, -0.05) is 41.9 Å². The van der Waals surface area contributed by atoms with E-state index < -0.39 is 29.7 Å². The van der Waals surface area contributed by atoms with Crippen molar-refractivity contribution in [1.29, 1.82) is 0 Å². The molecule has 142 valence electrons. The van der Waals surface area contributed by atoms with Gasteiger partial charge in [0.15, 0.2) is 5.71 Å². The number of rotatable bonds is 4. The average molecular weight is 398 g/mol. The van der Waals surface area contributed by atoms with Crippen LogP contribution in [-0.4, -0.2) is 36.1 Å². The van der Waals surface area contributed by atoms with Gasteiger partial charge in [-0.15, -0.1) is 0 Å². The van der Waals surface area contributed by atoms with Crippen molar-refractivity contribution in [1.82, 2.24) is 0 Å². The van der Waals surface area contributed by atoms with E-state index in [-0.39, 0.29) is 23.0 Å². The summed E-state index contributed by atoms with van der Waals surface area (Å²) in [5.41, 5.74) is 0.798. The van der Waals surface area contributed by atoms with E-state index >= 15 is 0 Å². The van der Waals surface area contributed by atoms with Crippen LogP contribution in [0.3, 0.4) is 0 Å². The molecule has 0 aromatic heterocycles. The van der Waals surface area contributed by atoms with Gasteiger partial charge in [-0.2, -0.15) is 5.10 Å². The van der Waals surface area contributed by atoms with Crippen LogP contribution in [0.25, 0.3) is 0 Å². The van der Waals surface area contributed by atoms with Crippen LogP contribution < -0.4 is 9.91 Å². The van der Waals surface area contributed by atoms with E-state index in [0.29, 0.717) is 5.69 Å². The predicted molar refractivity (Wildman–Crippen MR) is 104 cm³/mol. The maximum absolute atomic E-state index is 13.2. The van der Waals surface area contributed by atoms with E-state index in [2.05, 4.69) is 5.10 Å². The molecule has 0 unspecified atom stereocenters. The van der Waals surface area contributed by atoms with Crippen LogP contribution in [-0.2, 0) is 19.1 Å². The summed E-state index contributed by atoms with van der Waals surface area (Å²) in [6.07, 6.45) is 0. The van der Waals surface area contributed by atoms with Crippen LogP contribution in [0.4, 0.5) is 11.4 Å². The molecule has 2 aromatic carbocycles. The number of hydrogen-bond donors (Lipinski definition) is 0. The first kappa shape index (κ1) is 18.2. The number of hydrazone groups is 1. The molecule has 2 heterocycles. The second kappa shape index (κ2) is 7.09. The van der Waals surface area contributed by atoms with Crippen molar-refractivity contribution in [3.8, 4) is 0 Å². The van der Waals surface area contributed by atoms with Gasteiger partial charge in [0, 0.05) is 0 Å². The average Bonchev–Trinajstić information content (AvgIpc) is 3.21. The smallest absolute Gasteiger partial charge is 0.355 e. The second-order valence-electron chi connectivity index (χ2n) is 6.27. The Hall–Kier alpha value is -3.19. The van der Waals surface area contributed by atoms with Gasteiger partial charge in [0.1, 0.15) is 12.0 Å². The van der Waals surface area contributed by atoms with Crippen LogP contribution in [0, 0.1) is 5.92 Å². The summed E-state index contributed by atoms with van der Waals surface area (Å²) in [6.45, 7) is 1.80. The van der Waals surface area contributed by atoms with Crippen molar-refractivity contribution in [3.63, 3.8) is 0 Å². The van der Waals surface area contributed by atoms with E-state index in [0.717, 1.165) is 4.90 Å². The Labute approximate surface area is 166 Å². The van der Waals surface area contributed by atoms with Crippen molar-refractivity contribution >= 4 is 46.5 Å². The number of carbonyl (C=O) groups excluding carboxylic acids is 3. The Morgan fingerprint density at radius 3 is 2.43 bits per heavy atom. The number of hydrogen-bond acceptors (Lipinski definition) is 6. The zero-order valence-electron chi connectivity index (χ0n) is 14.9.